The molecule has 1 aliphatic rings. The molecule has 6 nitrogen and oxygen atoms in total. The largest absolute Gasteiger partial charge is 0.373 e. The number of anilines is 1. The molecule has 0 aliphatic carbocycles. The third-order valence-electron chi connectivity index (χ3n) is 3.93. The minimum Gasteiger partial charge on any atom is -0.373 e. The van der Waals surface area contributed by atoms with Crippen molar-refractivity contribution in [2.45, 2.75) is 31.0 Å². The first kappa shape index (κ1) is 19.3. The van der Waals surface area contributed by atoms with E-state index in [1.54, 1.807) is 24.3 Å². The molecule has 0 radical (unpaired) electrons. The second-order valence-corrected chi connectivity index (χ2v) is 9.81. The maximum atomic E-state index is 12.8. The quantitative estimate of drug-likeness (QED) is 0.831. The second-order valence-electron chi connectivity index (χ2n) is 6.16. The van der Waals surface area contributed by atoms with Gasteiger partial charge in [-0.25, -0.2) is 8.42 Å². The molecule has 1 saturated heterocycles. The Kier molecular flexibility index (Phi) is 5.69. The zero-order valence-corrected chi connectivity index (χ0v) is 16.7. The number of carbonyl (C=O) groups is 1. The normalized spacial score (nSPS) is 21.5. The predicted molar refractivity (Wildman–Crippen MR) is 102 cm³/mol. The molecule has 0 saturated carbocycles. The van der Waals surface area contributed by atoms with Gasteiger partial charge in [0.05, 0.1) is 26.3 Å². The molecule has 2 atom stereocenters. The van der Waals surface area contributed by atoms with Gasteiger partial charge in [0.2, 0.25) is 10.0 Å². The Balaban J connectivity index is 1.73. The molecular weight excluding hydrogens is 396 g/mol. The number of ether oxygens (including phenoxy) is 1. The third-order valence-corrected chi connectivity index (χ3v) is 7.01. The second kappa shape index (κ2) is 7.66. The van der Waals surface area contributed by atoms with E-state index in [1.807, 2.05) is 13.8 Å². The topological polar surface area (TPSA) is 75.7 Å². The lowest BCUT2D eigenvalue weighted by Crippen LogP contribution is -2.48. The molecule has 1 aromatic carbocycles. The molecule has 1 fully saturated rings. The third kappa shape index (κ3) is 4.27. The number of morpholine rings is 1. The van der Waals surface area contributed by atoms with Crippen molar-refractivity contribution in [1.82, 2.24) is 4.31 Å². The number of amides is 1. The van der Waals surface area contributed by atoms with Gasteiger partial charge < -0.3 is 10.1 Å². The Bertz CT molecular complexity index is 886. The molecule has 9 heteroatoms. The summed E-state index contributed by atoms with van der Waals surface area (Å²) in [7, 11) is -3.60. The fourth-order valence-corrected chi connectivity index (χ4v) is 5.34. The van der Waals surface area contributed by atoms with E-state index in [1.165, 1.54) is 27.8 Å². The highest BCUT2D eigenvalue weighted by Crippen LogP contribution is 2.24. The van der Waals surface area contributed by atoms with Crippen LogP contribution < -0.4 is 5.32 Å². The molecule has 140 valence electrons. The fourth-order valence-electron chi connectivity index (χ4n) is 2.82. The molecule has 1 N–H and O–H groups in total. The van der Waals surface area contributed by atoms with E-state index in [-0.39, 0.29) is 23.0 Å². The van der Waals surface area contributed by atoms with Gasteiger partial charge in [-0.3, -0.25) is 4.79 Å². The minimum atomic E-state index is -3.60. The van der Waals surface area contributed by atoms with Crippen LogP contribution in [0.15, 0.2) is 41.3 Å². The van der Waals surface area contributed by atoms with Gasteiger partial charge in [-0.1, -0.05) is 11.6 Å². The number of sulfonamides is 1. The van der Waals surface area contributed by atoms with E-state index >= 15 is 0 Å². The monoisotopic (exact) mass is 414 g/mol. The smallest absolute Gasteiger partial charge is 0.265 e. The molecule has 1 aliphatic heterocycles. The van der Waals surface area contributed by atoms with Crippen molar-refractivity contribution >= 4 is 44.6 Å². The van der Waals surface area contributed by atoms with Crippen molar-refractivity contribution in [3.8, 4) is 0 Å². The summed E-state index contributed by atoms with van der Waals surface area (Å²) in [5.74, 6) is -0.284. The molecule has 26 heavy (non-hydrogen) atoms. The number of benzene rings is 1. The Morgan fingerprint density at radius 2 is 1.77 bits per heavy atom. The molecule has 2 unspecified atom stereocenters. The number of hydrogen-bond acceptors (Lipinski definition) is 5. The van der Waals surface area contributed by atoms with E-state index in [2.05, 4.69) is 5.32 Å². The standard InChI is InChI=1S/C17H19ClN2O4S2/c1-11-9-20(10-12(2)24-11)26(22,23)14-5-3-13(4-6-14)19-17(21)15-7-8-16(18)25-15/h3-8,11-12H,9-10H2,1-2H3,(H,19,21). The van der Waals surface area contributed by atoms with E-state index in [0.29, 0.717) is 28.0 Å². The van der Waals surface area contributed by atoms with Crippen LogP contribution in [0.1, 0.15) is 23.5 Å². The van der Waals surface area contributed by atoms with Crippen LogP contribution in [0.4, 0.5) is 5.69 Å². The van der Waals surface area contributed by atoms with E-state index in [4.69, 9.17) is 16.3 Å². The van der Waals surface area contributed by atoms with E-state index in [9.17, 15) is 13.2 Å². The maximum absolute atomic E-state index is 12.8. The lowest BCUT2D eigenvalue weighted by atomic mass is 10.3. The van der Waals surface area contributed by atoms with Gasteiger partial charge in [0.25, 0.3) is 5.91 Å². The zero-order chi connectivity index (χ0) is 18.9. The lowest BCUT2D eigenvalue weighted by molar-refractivity contribution is -0.0440. The summed E-state index contributed by atoms with van der Waals surface area (Å²) < 4.78 is 33.2. The van der Waals surface area contributed by atoms with Crippen LogP contribution in [0.3, 0.4) is 0 Å². The van der Waals surface area contributed by atoms with Crippen molar-refractivity contribution in [3.05, 3.63) is 45.6 Å². The van der Waals surface area contributed by atoms with Crippen LogP contribution in [0.2, 0.25) is 4.34 Å². The predicted octanol–water partition coefficient (Wildman–Crippen LogP) is 3.45. The van der Waals surface area contributed by atoms with Gasteiger partial charge in [0.15, 0.2) is 0 Å². The van der Waals surface area contributed by atoms with Gasteiger partial charge in [0.1, 0.15) is 0 Å². The average molecular weight is 415 g/mol. The highest BCUT2D eigenvalue weighted by atomic mass is 35.5. The number of nitrogens with one attached hydrogen (secondary N) is 1. The SMILES string of the molecule is CC1CN(S(=O)(=O)c2ccc(NC(=O)c3ccc(Cl)s3)cc2)CC(C)O1. The van der Waals surface area contributed by atoms with E-state index < -0.39 is 10.0 Å². The first-order valence-corrected chi connectivity index (χ1v) is 10.7. The number of nitrogens with zero attached hydrogens (tertiary/aromatic N) is 1. The summed E-state index contributed by atoms with van der Waals surface area (Å²) in [6.45, 7) is 4.36. The molecule has 2 aromatic rings. The van der Waals surface area contributed by atoms with Gasteiger partial charge in [-0.05, 0) is 50.2 Å². The van der Waals surface area contributed by atoms with Gasteiger partial charge in [0, 0.05) is 18.8 Å². The molecule has 3 rings (SSSR count). The van der Waals surface area contributed by atoms with Gasteiger partial charge in [-0.2, -0.15) is 4.31 Å². The van der Waals surface area contributed by atoms with Crippen molar-refractivity contribution in [1.29, 1.82) is 0 Å². The number of halogens is 1. The summed E-state index contributed by atoms with van der Waals surface area (Å²) in [5, 5.41) is 2.73. The first-order valence-electron chi connectivity index (χ1n) is 8.08. The average Bonchev–Trinajstić information content (AvgIpc) is 3.01. The van der Waals surface area contributed by atoms with Crippen LogP contribution in [0.25, 0.3) is 0 Å². The summed E-state index contributed by atoms with van der Waals surface area (Å²) in [6, 6.07) is 9.44. The van der Waals surface area contributed by atoms with Gasteiger partial charge in [-0.15, -0.1) is 11.3 Å². The van der Waals surface area contributed by atoms with Crippen LogP contribution in [0.5, 0.6) is 0 Å². The Labute approximate surface area is 161 Å². The summed E-state index contributed by atoms with van der Waals surface area (Å²) in [5.41, 5.74) is 0.516. The maximum Gasteiger partial charge on any atom is 0.265 e. The molecule has 1 amide bonds. The summed E-state index contributed by atoms with van der Waals surface area (Å²) >= 11 is 7.01. The van der Waals surface area contributed by atoms with Crippen LogP contribution in [0, 0.1) is 0 Å². The highest BCUT2D eigenvalue weighted by molar-refractivity contribution is 7.89. The van der Waals surface area contributed by atoms with Gasteiger partial charge >= 0.3 is 0 Å². The number of thiophene rings is 1. The van der Waals surface area contributed by atoms with Crippen molar-refractivity contribution in [3.63, 3.8) is 0 Å². The highest BCUT2D eigenvalue weighted by Gasteiger charge is 2.32. The van der Waals surface area contributed by atoms with Crippen molar-refractivity contribution in [2.75, 3.05) is 18.4 Å². The Hall–Kier alpha value is -1.45. The van der Waals surface area contributed by atoms with Crippen LogP contribution >= 0.6 is 22.9 Å². The van der Waals surface area contributed by atoms with Crippen LogP contribution in [-0.4, -0.2) is 43.9 Å². The fraction of sp³-hybridized carbons (Fsp3) is 0.353. The number of rotatable bonds is 4. The molecule has 2 heterocycles. The van der Waals surface area contributed by atoms with E-state index in [0.717, 1.165) is 0 Å². The van der Waals surface area contributed by atoms with Crippen LogP contribution in [-0.2, 0) is 14.8 Å². The number of carbonyl (C=O) groups excluding carboxylic acids is 1. The van der Waals surface area contributed by atoms with Crippen molar-refractivity contribution in [2.24, 2.45) is 0 Å². The molecule has 0 spiro atoms. The molecule has 0 bridgehead atoms. The number of hydrogen-bond donors (Lipinski definition) is 1. The first-order chi connectivity index (χ1) is 12.3. The summed E-state index contributed by atoms with van der Waals surface area (Å²) in [6.07, 6.45) is -0.297. The molecular formula is C17H19ClN2O4S2. The summed E-state index contributed by atoms with van der Waals surface area (Å²) in [4.78, 5) is 12.8. The molecule has 1 aromatic heterocycles. The minimum absolute atomic E-state index is 0.148. The Morgan fingerprint density at radius 1 is 1.15 bits per heavy atom. The zero-order valence-electron chi connectivity index (χ0n) is 14.3. The van der Waals surface area contributed by atoms with Crippen molar-refractivity contribution < 1.29 is 17.9 Å². The lowest BCUT2D eigenvalue weighted by Gasteiger charge is -2.34. The Morgan fingerprint density at radius 3 is 2.31 bits per heavy atom.